The number of ether oxygens (including phenoxy) is 2. The predicted molar refractivity (Wildman–Crippen MR) is 71.5 cm³/mol. The number of benzene rings is 1. The van der Waals surface area contributed by atoms with Crippen LogP contribution in [0.2, 0.25) is 0 Å². The highest BCUT2D eigenvalue weighted by Gasteiger charge is 2.10. The highest BCUT2D eigenvalue weighted by molar-refractivity contribution is 7.91. The summed E-state index contributed by atoms with van der Waals surface area (Å²) in [5, 5.41) is 0. The Balaban J connectivity index is 2.32. The molecule has 1 aromatic rings. The summed E-state index contributed by atoms with van der Waals surface area (Å²) in [4.78, 5) is 0. The van der Waals surface area contributed by atoms with Gasteiger partial charge in [-0.25, -0.2) is 8.42 Å². The molecule has 0 atom stereocenters. The van der Waals surface area contributed by atoms with Crippen molar-refractivity contribution in [1.82, 2.24) is 0 Å². The van der Waals surface area contributed by atoms with E-state index in [-0.39, 0.29) is 18.1 Å². The van der Waals surface area contributed by atoms with Crippen LogP contribution >= 0.6 is 0 Å². The maximum Gasteiger partial charge on any atom is 0.153 e. The van der Waals surface area contributed by atoms with Crippen molar-refractivity contribution in [2.45, 2.75) is 6.42 Å². The third kappa shape index (κ3) is 5.88. The van der Waals surface area contributed by atoms with Crippen LogP contribution in [-0.2, 0) is 14.6 Å². The smallest absolute Gasteiger partial charge is 0.153 e. The van der Waals surface area contributed by atoms with Crippen molar-refractivity contribution in [2.24, 2.45) is 0 Å². The SMILES string of the molecule is COCCCS(=O)(=O)CCOc1cccc(N)c1. The molecule has 0 saturated carbocycles. The van der Waals surface area contributed by atoms with E-state index in [1.165, 1.54) is 0 Å². The van der Waals surface area contributed by atoms with E-state index >= 15 is 0 Å². The molecule has 2 N–H and O–H groups in total. The van der Waals surface area contributed by atoms with Gasteiger partial charge in [0.05, 0.1) is 11.5 Å². The Morgan fingerprint density at radius 3 is 2.67 bits per heavy atom. The van der Waals surface area contributed by atoms with Gasteiger partial charge in [0, 0.05) is 25.5 Å². The second-order valence-corrected chi connectivity index (χ2v) is 6.22. The molecule has 0 spiro atoms. The maximum absolute atomic E-state index is 11.6. The van der Waals surface area contributed by atoms with Gasteiger partial charge in [-0.15, -0.1) is 0 Å². The first-order valence-electron chi connectivity index (χ1n) is 5.71. The third-order valence-corrected chi connectivity index (χ3v) is 4.02. The normalized spacial score (nSPS) is 11.4. The fourth-order valence-corrected chi connectivity index (χ4v) is 2.52. The van der Waals surface area contributed by atoms with Crippen LogP contribution in [-0.4, -0.2) is 40.2 Å². The molecule has 0 bridgehead atoms. The largest absolute Gasteiger partial charge is 0.492 e. The maximum atomic E-state index is 11.6. The van der Waals surface area contributed by atoms with Crippen molar-refractivity contribution in [2.75, 3.05) is 37.6 Å². The predicted octanol–water partition coefficient (Wildman–Crippen LogP) is 1.10. The van der Waals surface area contributed by atoms with E-state index < -0.39 is 9.84 Å². The highest BCUT2D eigenvalue weighted by atomic mass is 32.2. The standard InChI is InChI=1S/C12H19NO4S/c1-16-6-3-8-18(14,15)9-7-17-12-5-2-4-11(13)10-12/h2,4-5,10H,3,6-9,13H2,1H3. The average Bonchev–Trinajstić information content (AvgIpc) is 2.29. The molecule has 0 aromatic heterocycles. The van der Waals surface area contributed by atoms with E-state index in [9.17, 15) is 8.42 Å². The fraction of sp³-hybridized carbons (Fsp3) is 0.500. The van der Waals surface area contributed by atoms with Crippen molar-refractivity contribution in [3.63, 3.8) is 0 Å². The minimum absolute atomic E-state index is 0.00547. The number of hydrogen-bond acceptors (Lipinski definition) is 5. The number of methoxy groups -OCH3 is 1. The lowest BCUT2D eigenvalue weighted by Gasteiger charge is -2.07. The Morgan fingerprint density at radius 2 is 2.00 bits per heavy atom. The van der Waals surface area contributed by atoms with Crippen molar-refractivity contribution in [3.8, 4) is 5.75 Å². The van der Waals surface area contributed by atoms with Crippen LogP contribution in [0.1, 0.15) is 6.42 Å². The zero-order chi connectivity index (χ0) is 13.4. The second-order valence-electron chi connectivity index (χ2n) is 3.92. The number of hydrogen-bond donors (Lipinski definition) is 1. The summed E-state index contributed by atoms with van der Waals surface area (Å²) < 4.78 is 33.4. The molecular formula is C12H19NO4S. The van der Waals surface area contributed by atoms with Gasteiger partial charge in [0.15, 0.2) is 9.84 Å². The van der Waals surface area contributed by atoms with E-state index in [2.05, 4.69) is 0 Å². The molecule has 0 aliphatic carbocycles. The van der Waals surface area contributed by atoms with Gasteiger partial charge < -0.3 is 15.2 Å². The Kier molecular flexibility index (Phi) is 5.94. The van der Waals surface area contributed by atoms with E-state index in [1.807, 2.05) is 0 Å². The van der Waals surface area contributed by atoms with E-state index in [0.717, 1.165) is 0 Å². The number of anilines is 1. The van der Waals surface area contributed by atoms with Crippen LogP contribution < -0.4 is 10.5 Å². The van der Waals surface area contributed by atoms with Crippen LogP contribution in [0.5, 0.6) is 5.75 Å². The Bertz CT molecular complexity index is 459. The van der Waals surface area contributed by atoms with Gasteiger partial charge in [-0.2, -0.15) is 0 Å². The molecule has 0 radical (unpaired) electrons. The van der Waals surface area contributed by atoms with Crippen molar-refractivity contribution >= 4 is 15.5 Å². The molecule has 1 rings (SSSR count). The molecule has 0 aliphatic heterocycles. The van der Waals surface area contributed by atoms with E-state index in [4.69, 9.17) is 15.2 Å². The summed E-state index contributed by atoms with van der Waals surface area (Å²) in [6.45, 7) is 0.591. The summed E-state index contributed by atoms with van der Waals surface area (Å²) in [5.74, 6) is 0.717. The molecule has 18 heavy (non-hydrogen) atoms. The van der Waals surface area contributed by atoms with Gasteiger partial charge in [0.1, 0.15) is 12.4 Å². The first-order valence-corrected chi connectivity index (χ1v) is 7.53. The fourth-order valence-electron chi connectivity index (χ4n) is 1.42. The van der Waals surface area contributed by atoms with Gasteiger partial charge in [-0.05, 0) is 18.6 Å². The number of nitrogen functional groups attached to an aromatic ring is 1. The van der Waals surface area contributed by atoms with Crippen LogP contribution in [0.4, 0.5) is 5.69 Å². The molecule has 102 valence electrons. The first kappa shape index (κ1) is 14.8. The van der Waals surface area contributed by atoms with Crippen LogP contribution in [0.25, 0.3) is 0 Å². The Morgan fingerprint density at radius 1 is 1.22 bits per heavy atom. The minimum atomic E-state index is -3.07. The summed E-state index contributed by atoms with van der Waals surface area (Å²) in [7, 11) is -1.52. The lowest BCUT2D eigenvalue weighted by atomic mass is 10.3. The zero-order valence-corrected chi connectivity index (χ0v) is 11.3. The summed E-state index contributed by atoms with van der Waals surface area (Å²) in [6, 6.07) is 6.91. The Labute approximate surface area is 108 Å². The topological polar surface area (TPSA) is 78.6 Å². The molecule has 6 heteroatoms. The lowest BCUT2D eigenvalue weighted by molar-refractivity contribution is 0.199. The van der Waals surface area contributed by atoms with E-state index in [0.29, 0.717) is 24.5 Å². The lowest BCUT2D eigenvalue weighted by Crippen LogP contribution is -2.18. The molecule has 0 aliphatic rings. The summed E-state index contributed by atoms with van der Waals surface area (Å²) >= 11 is 0. The van der Waals surface area contributed by atoms with Crippen LogP contribution in [0.15, 0.2) is 24.3 Å². The van der Waals surface area contributed by atoms with Crippen molar-refractivity contribution in [3.05, 3.63) is 24.3 Å². The van der Waals surface area contributed by atoms with Crippen molar-refractivity contribution < 1.29 is 17.9 Å². The van der Waals surface area contributed by atoms with E-state index in [1.54, 1.807) is 31.4 Å². The van der Waals surface area contributed by atoms with Gasteiger partial charge in [0.2, 0.25) is 0 Å². The number of rotatable bonds is 8. The number of sulfone groups is 1. The zero-order valence-electron chi connectivity index (χ0n) is 10.5. The molecular weight excluding hydrogens is 254 g/mol. The van der Waals surface area contributed by atoms with Crippen molar-refractivity contribution in [1.29, 1.82) is 0 Å². The summed E-state index contributed by atoms with van der Waals surface area (Å²) in [5.41, 5.74) is 6.18. The third-order valence-electron chi connectivity index (χ3n) is 2.32. The van der Waals surface area contributed by atoms with Gasteiger partial charge in [-0.3, -0.25) is 0 Å². The molecule has 0 amide bonds. The molecule has 0 heterocycles. The van der Waals surface area contributed by atoms with Gasteiger partial charge in [-0.1, -0.05) is 6.07 Å². The molecule has 0 fully saturated rings. The van der Waals surface area contributed by atoms with Crippen LogP contribution in [0, 0.1) is 0 Å². The highest BCUT2D eigenvalue weighted by Crippen LogP contribution is 2.14. The molecule has 0 saturated heterocycles. The monoisotopic (exact) mass is 273 g/mol. The van der Waals surface area contributed by atoms with Gasteiger partial charge >= 0.3 is 0 Å². The first-order chi connectivity index (χ1) is 8.53. The second kappa shape index (κ2) is 7.23. The number of nitrogens with two attached hydrogens (primary N) is 1. The molecule has 5 nitrogen and oxygen atoms in total. The average molecular weight is 273 g/mol. The molecule has 0 unspecified atom stereocenters. The summed E-state index contributed by atoms with van der Waals surface area (Å²) in [6.07, 6.45) is 0.511. The van der Waals surface area contributed by atoms with Crippen LogP contribution in [0.3, 0.4) is 0 Å². The Hall–Kier alpha value is -1.27. The quantitative estimate of drug-likeness (QED) is 0.567. The molecule has 1 aromatic carbocycles. The van der Waals surface area contributed by atoms with Gasteiger partial charge in [0.25, 0.3) is 0 Å². The minimum Gasteiger partial charge on any atom is -0.492 e.